The van der Waals surface area contributed by atoms with Gasteiger partial charge in [-0.2, -0.15) is 0 Å². The van der Waals surface area contributed by atoms with Gasteiger partial charge < -0.3 is 15.2 Å². The van der Waals surface area contributed by atoms with Gasteiger partial charge in [0.05, 0.1) is 17.8 Å². The lowest BCUT2D eigenvalue weighted by Crippen LogP contribution is -2.48. The number of carbonyl (C=O) groups excluding carboxylic acids is 1. The summed E-state index contributed by atoms with van der Waals surface area (Å²) in [6, 6.07) is 0.245. The zero-order chi connectivity index (χ0) is 14.8. The summed E-state index contributed by atoms with van der Waals surface area (Å²) in [5.74, 6) is 0.638. The Hall–Kier alpha value is -1.85. The molecule has 1 saturated carbocycles. The van der Waals surface area contributed by atoms with Crippen LogP contribution in [0.3, 0.4) is 0 Å². The first-order valence-electron chi connectivity index (χ1n) is 7.77. The molecular formula is C15H22N4O2. The summed E-state index contributed by atoms with van der Waals surface area (Å²) < 4.78 is 0. The summed E-state index contributed by atoms with van der Waals surface area (Å²) in [7, 11) is 0. The first-order valence-corrected chi connectivity index (χ1v) is 7.77. The van der Waals surface area contributed by atoms with Crippen LogP contribution < -0.4 is 10.9 Å². The third-order valence-electron chi connectivity index (χ3n) is 4.41. The lowest BCUT2D eigenvalue weighted by molar-refractivity contribution is 0.184. The lowest BCUT2D eigenvalue weighted by atomic mass is 9.96. The van der Waals surface area contributed by atoms with Gasteiger partial charge in [-0.25, -0.2) is 9.78 Å². The number of rotatable bonds is 1. The van der Waals surface area contributed by atoms with Crippen molar-refractivity contribution in [2.75, 3.05) is 6.54 Å². The number of aromatic nitrogens is 2. The third-order valence-corrected chi connectivity index (χ3v) is 4.41. The van der Waals surface area contributed by atoms with Crippen molar-refractivity contribution in [3.05, 3.63) is 27.4 Å². The average molecular weight is 290 g/mol. The molecule has 1 aromatic rings. The summed E-state index contributed by atoms with van der Waals surface area (Å²) >= 11 is 0. The van der Waals surface area contributed by atoms with Gasteiger partial charge in [0.2, 0.25) is 0 Å². The van der Waals surface area contributed by atoms with E-state index in [-0.39, 0.29) is 11.6 Å². The Bertz CT molecular complexity index is 590. The van der Waals surface area contributed by atoms with E-state index in [9.17, 15) is 9.59 Å². The molecule has 2 amide bonds. The molecule has 1 aromatic heterocycles. The molecule has 0 unspecified atom stereocenters. The number of amides is 2. The Morgan fingerprint density at radius 3 is 2.86 bits per heavy atom. The highest BCUT2D eigenvalue weighted by molar-refractivity contribution is 5.74. The summed E-state index contributed by atoms with van der Waals surface area (Å²) in [4.78, 5) is 33.1. The predicted molar refractivity (Wildman–Crippen MR) is 79.1 cm³/mol. The monoisotopic (exact) mass is 290 g/mol. The van der Waals surface area contributed by atoms with Crippen LogP contribution in [0, 0.1) is 6.92 Å². The average Bonchev–Trinajstić information content (AvgIpc) is 2.47. The minimum Gasteiger partial charge on any atom is -0.335 e. The van der Waals surface area contributed by atoms with E-state index in [1.165, 1.54) is 19.3 Å². The molecule has 0 atom stereocenters. The molecule has 0 bridgehead atoms. The molecule has 114 valence electrons. The largest absolute Gasteiger partial charge is 0.335 e. The zero-order valence-electron chi connectivity index (χ0n) is 12.4. The molecule has 0 radical (unpaired) electrons. The second-order valence-electron chi connectivity index (χ2n) is 6.03. The summed E-state index contributed by atoms with van der Waals surface area (Å²) in [6.45, 7) is 2.77. The van der Waals surface area contributed by atoms with Crippen molar-refractivity contribution < 1.29 is 4.79 Å². The van der Waals surface area contributed by atoms with Crippen molar-refractivity contribution in [2.45, 2.75) is 58.0 Å². The van der Waals surface area contributed by atoms with Crippen LogP contribution in [0.25, 0.3) is 0 Å². The predicted octanol–water partition coefficient (Wildman–Crippen LogP) is 1.48. The standard InChI is InChI=1S/C15H22N4O2/c1-10-16-13-7-8-19(9-12(13)14(20)17-10)15(21)18-11-5-3-2-4-6-11/h11H,2-9H2,1H3,(H,18,21)(H,16,17,20). The Morgan fingerprint density at radius 1 is 1.33 bits per heavy atom. The highest BCUT2D eigenvalue weighted by atomic mass is 16.2. The maximum absolute atomic E-state index is 12.3. The van der Waals surface area contributed by atoms with Gasteiger partial charge >= 0.3 is 6.03 Å². The van der Waals surface area contributed by atoms with Crippen molar-refractivity contribution >= 4 is 6.03 Å². The van der Waals surface area contributed by atoms with Crippen LogP contribution in [0.4, 0.5) is 4.79 Å². The number of nitrogens with zero attached hydrogens (tertiary/aromatic N) is 2. The topological polar surface area (TPSA) is 78.1 Å². The molecule has 6 nitrogen and oxygen atoms in total. The minimum absolute atomic E-state index is 0.0486. The first-order chi connectivity index (χ1) is 10.1. The molecule has 21 heavy (non-hydrogen) atoms. The molecule has 6 heteroatoms. The van der Waals surface area contributed by atoms with Crippen LogP contribution in [-0.2, 0) is 13.0 Å². The Labute approximate surface area is 124 Å². The summed E-state index contributed by atoms with van der Waals surface area (Å²) in [6.07, 6.45) is 6.43. The van der Waals surface area contributed by atoms with Crippen LogP contribution >= 0.6 is 0 Å². The molecular weight excluding hydrogens is 268 g/mol. The number of aryl methyl sites for hydroxylation is 1. The summed E-state index contributed by atoms with van der Waals surface area (Å²) in [5.41, 5.74) is 1.34. The maximum atomic E-state index is 12.3. The second-order valence-corrected chi connectivity index (χ2v) is 6.03. The normalized spacial score (nSPS) is 19.2. The van der Waals surface area contributed by atoms with E-state index >= 15 is 0 Å². The van der Waals surface area contributed by atoms with Crippen LogP contribution in [0.15, 0.2) is 4.79 Å². The van der Waals surface area contributed by atoms with Gasteiger partial charge in [-0.1, -0.05) is 19.3 Å². The van der Waals surface area contributed by atoms with E-state index in [2.05, 4.69) is 15.3 Å². The quantitative estimate of drug-likeness (QED) is 0.822. The molecule has 3 rings (SSSR count). The number of nitrogens with one attached hydrogen (secondary N) is 2. The van der Waals surface area contributed by atoms with Gasteiger partial charge in [0.25, 0.3) is 5.56 Å². The maximum Gasteiger partial charge on any atom is 0.317 e. The molecule has 2 N–H and O–H groups in total. The van der Waals surface area contributed by atoms with Crippen LogP contribution in [0.1, 0.15) is 49.2 Å². The highest BCUT2D eigenvalue weighted by Gasteiger charge is 2.26. The van der Waals surface area contributed by atoms with E-state index in [4.69, 9.17) is 0 Å². The Kier molecular flexibility index (Phi) is 3.94. The van der Waals surface area contributed by atoms with Gasteiger partial charge in [0.1, 0.15) is 5.82 Å². The Morgan fingerprint density at radius 2 is 2.10 bits per heavy atom. The fourth-order valence-electron chi connectivity index (χ4n) is 3.24. The number of H-pyrrole nitrogens is 1. The van der Waals surface area contributed by atoms with Gasteiger partial charge in [-0.05, 0) is 19.8 Å². The number of carbonyl (C=O) groups is 1. The first kappa shape index (κ1) is 14.1. The van der Waals surface area contributed by atoms with Crippen molar-refractivity contribution in [1.29, 1.82) is 0 Å². The van der Waals surface area contributed by atoms with Crippen LogP contribution in [0.5, 0.6) is 0 Å². The van der Waals surface area contributed by atoms with Crippen molar-refractivity contribution in [3.8, 4) is 0 Å². The van der Waals surface area contributed by atoms with Gasteiger partial charge in [-0.15, -0.1) is 0 Å². The van der Waals surface area contributed by atoms with E-state index < -0.39 is 0 Å². The van der Waals surface area contributed by atoms with E-state index in [0.29, 0.717) is 36.9 Å². The minimum atomic E-state index is -0.118. The Balaban J connectivity index is 1.68. The smallest absolute Gasteiger partial charge is 0.317 e. The number of hydrogen-bond donors (Lipinski definition) is 2. The molecule has 1 fully saturated rings. The van der Waals surface area contributed by atoms with Crippen LogP contribution in [-0.4, -0.2) is 33.5 Å². The molecule has 2 heterocycles. The molecule has 1 aliphatic heterocycles. The number of fused-ring (bicyclic) bond motifs is 1. The number of hydrogen-bond acceptors (Lipinski definition) is 3. The molecule has 0 aromatic carbocycles. The van der Waals surface area contributed by atoms with Crippen molar-refractivity contribution in [1.82, 2.24) is 20.2 Å². The lowest BCUT2D eigenvalue weighted by Gasteiger charge is -2.31. The van der Waals surface area contributed by atoms with Crippen molar-refractivity contribution in [2.24, 2.45) is 0 Å². The summed E-state index contributed by atoms with van der Waals surface area (Å²) in [5, 5.41) is 3.10. The third kappa shape index (κ3) is 3.09. The van der Waals surface area contributed by atoms with Crippen LogP contribution in [0.2, 0.25) is 0 Å². The number of urea groups is 1. The van der Waals surface area contributed by atoms with E-state index in [0.717, 1.165) is 18.5 Å². The SMILES string of the molecule is Cc1nc2c(c(=O)[nH]1)CN(C(=O)NC1CCCCC1)CC2. The van der Waals surface area contributed by atoms with Crippen molar-refractivity contribution in [3.63, 3.8) is 0 Å². The molecule has 0 spiro atoms. The highest BCUT2D eigenvalue weighted by Crippen LogP contribution is 2.19. The second kappa shape index (κ2) is 5.87. The van der Waals surface area contributed by atoms with Gasteiger partial charge in [0.15, 0.2) is 0 Å². The fraction of sp³-hybridized carbons (Fsp3) is 0.667. The van der Waals surface area contributed by atoms with Gasteiger partial charge in [-0.3, -0.25) is 4.79 Å². The van der Waals surface area contributed by atoms with E-state index in [1.54, 1.807) is 11.8 Å². The van der Waals surface area contributed by atoms with E-state index in [1.807, 2.05) is 0 Å². The zero-order valence-corrected chi connectivity index (χ0v) is 12.4. The molecule has 1 aliphatic carbocycles. The molecule has 2 aliphatic rings. The molecule has 0 saturated heterocycles. The number of aromatic amines is 1. The van der Waals surface area contributed by atoms with Gasteiger partial charge in [0, 0.05) is 19.0 Å². The fourth-order valence-corrected chi connectivity index (χ4v) is 3.24.